The first-order valence-corrected chi connectivity index (χ1v) is 7.45. The Morgan fingerprint density at radius 3 is 2.77 bits per heavy atom. The number of morpholine rings is 1. The summed E-state index contributed by atoms with van der Waals surface area (Å²) in [5.74, 6) is 0.137. The molecule has 8 heteroatoms. The minimum Gasteiger partial charge on any atom is -0.378 e. The van der Waals surface area contributed by atoms with Crippen molar-refractivity contribution in [3.05, 3.63) is 40.0 Å². The molecular formula is C14H13Cl2N3O3. The number of amides is 1. The fourth-order valence-electron chi connectivity index (χ4n) is 2.09. The first kappa shape index (κ1) is 15.1. The number of hydrogen-bond donors (Lipinski definition) is 1. The zero-order chi connectivity index (χ0) is 15.5. The molecule has 0 saturated carbocycles. The van der Waals surface area contributed by atoms with Crippen molar-refractivity contribution in [2.45, 2.75) is 0 Å². The molecule has 2 heterocycles. The van der Waals surface area contributed by atoms with Crippen molar-refractivity contribution in [3.63, 3.8) is 0 Å². The van der Waals surface area contributed by atoms with E-state index in [2.05, 4.69) is 10.5 Å². The van der Waals surface area contributed by atoms with Crippen molar-refractivity contribution in [3.8, 4) is 0 Å². The van der Waals surface area contributed by atoms with Gasteiger partial charge < -0.3 is 19.5 Å². The van der Waals surface area contributed by atoms with Crippen LogP contribution in [-0.4, -0.2) is 37.4 Å². The van der Waals surface area contributed by atoms with Crippen molar-refractivity contribution >= 4 is 40.7 Å². The lowest BCUT2D eigenvalue weighted by Gasteiger charge is -2.25. The van der Waals surface area contributed by atoms with Gasteiger partial charge in [0.2, 0.25) is 5.88 Å². The van der Waals surface area contributed by atoms with Crippen molar-refractivity contribution < 1.29 is 14.1 Å². The zero-order valence-electron chi connectivity index (χ0n) is 11.5. The molecule has 1 N–H and O–H groups in total. The van der Waals surface area contributed by atoms with Gasteiger partial charge in [-0.05, 0) is 18.2 Å². The van der Waals surface area contributed by atoms with Gasteiger partial charge >= 0.3 is 0 Å². The van der Waals surface area contributed by atoms with Crippen molar-refractivity contribution in [1.82, 2.24) is 5.16 Å². The van der Waals surface area contributed by atoms with Crippen LogP contribution in [0.1, 0.15) is 10.5 Å². The monoisotopic (exact) mass is 341 g/mol. The van der Waals surface area contributed by atoms with Gasteiger partial charge in [0.25, 0.3) is 5.91 Å². The Balaban J connectivity index is 1.72. The predicted octanol–water partition coefficient (Wildman–Crippen LogP) is 3.07. The Labute approximate surface area is 136 Å². The highest BCUT2D eigenvalue weighted by Gasteiger charge is 2.19. The fraction of sp³-hybridized carbons (Fsp3) is 0.286. The molecular weight excluding hydrogens is 329 g/mol. The van der Waals surface area contributed by atoms with E-state index in [0.29, 0.717) is 47.9 Å². The van der Waals surface area contributed by atoms with E-state index in [1.807, 2.05) is 4.90 Å². The number of benzene rings is 1. The maximum Gasteiger partial charge on any atom is 0.277 e. The van der Waals surface area contributed by atoms with Crippen LogP contribution in [0.4, 0.5) is 11.6 Å². The van der Waals surface area contributed by atoms with Crippen molar-refractivity contribution in [1.29, 1.82) is 0 Å². The van der Waals surface area contributed by atoms with E-state index in [4.69, 9.17) is 32.5 Å². The van der Waals surface area contributed by atoms with Gasteiger partial charge in [-0.3, -0.25) is 4.79 Å². The Morgan fingerprint density at radius 1 is 1.23 bits per heavy atom. The average Bonchev–Trinajstić information content (AvgIpc) is 3.02. The minimum absolute atomic E-state index is 0.178. The number of rotatable bonds is 3. The summed E-state index contributed by atoms with van der Waals surface area (Å²) in [7, 11) is 0. The van der Waals surface area contributed by atoms with Crippen LogP contribution in [0, 0.1) is 0 Å². The summed E-state index contributed by atoms with van der Waals surface area (Å²) >= 11 is 11.9. The molecule has 1 aliphatic rings. The maximum atomic E-state index is 12.2. The second-order valence-electron chi connectivity index (χ2n) is 4.73. The fourth-order valence-corrected chi connectivity index (χ4v) is 2.42. The molecule has 116 valence electrons. The first-order valence-electron chi connectivity index (χ1n) is 6.69. The molecule has 0 radical (unpaired) electrons. The van der Waals surface area contributed by atoms with Gasteiger partial charge in [-0.15, -0.1) is 0 Å². The van der Waals surface area contributed by atoms with E-state index in [1.165, 1.54) is 0 Å². The predicted molar refractivity (Wildman–Crippen MR) is 84.0 cm³/mol. The second-order valence-corrected chi connectivity index (χ2v) is 5.57. The SMILES string of the molecule is O=C(Nc1cc(Cl)ccc1Cl)c1cc(N2CCOCC2)on1. The van der Waals surface area contributed by atoms with E-state index < -0.39 is 5.91 Å². The molecule has 1 aromatic heterocycles. The molecule has 0 bridgehead atoms. The average molecular weight is 342 g/mol. The van der Waals surface area contributed by atoms with E-state index in [1.54, 1.807) is 24.3 Å². The number of halogens is 2. The summed E-state index contributed by atoms with van der Waals surface area (Å²) in [5.41, 5.74) is 0.604. The van der Waals surface area contributed by atoms with Crippen LogP contribution >= 0.6 is 23.2 Å². The van der Waals surface area contributed by atoms with Crippen LogP contribution in [0.15, 0.2) is 28.8 Å². The molecule has 1 saturated heterocycles. The molecule has 6 nitrogen and oxygen atoms in total. The smallest absolute Gasteiger partial charge is 0.277 e. The zero-order valence-corrected chi connectivity index (χ0v) is 13.0. The van der Waals surface area contributed by atoms with Gasteiger partial charge in [-0.1, -0.05) is 28.4 Å². The summed E-state index contributed by atoms with van der Waals surface area (Å²) in [6.07, 6.45) is 0. The molecule has 1 aromatic carbocycles. The maximum absolute atomic E-state index is 12.2. The van der Waals surface area contributed by atoms with Crippen LogP contribution in [0.25, 0.3) is 0 Å². The number of nitrogens with zero attached hydrogens (tertiary/aromatic N) is 2. The Bertz CT molecular complexity index is 684. The third-order valence-corrected chi connectivity index (χ3v) is 3.79. The van der Waals surface area contributed by atoms with Gasteiger partial charge in [-0.2, -0.15) is 0 Å². The van der Waals surface area contributed by atoms with E-state index in [9.17, 15) is 4.79 Å². The van der Waals surface area contributed by atoms with Crippen LogP contribution in [0.5, 0.6) is 0 Å². The summed E-state index contributed by atoms with van der Waals surface area (Å²) in [6, 6.07) is 6.43. The summed E-state index contributed by atoms with van der Waals surface area (Å²) in [6.45, 7) is 2.66. The van der Waals surface area contributed by atoms with Gasteiger partial charge in [0.15, 0.2) is 5.69 Å². The molecule has 2 aromatic rings. The molecule has 1 fully saturated rings. The molecule has 0 aliphatic carbocycles. The highest BCUT2D eigenvalue weighted by atomic mass is 35.5. The third kappa shape index (κ3) is 3.35. The summed E-state index contributed by atoms with van der Waals surface area (Å²) in [4.78, 5) is 14.2. The molecule has 0 unspecified atom stereocenters. The molecule has 1 aliphatic heterocycles. The van der Waals surface area contributed by atoms with Gasteiger partial charge in [0, 0.05) is 24.2 Å². The van der Waals surface area contributed by atoms with Crippen LogP contribution in [0.2, 0.25) is 10.0 Å². The normalized spacial score (nSPS) is 14.9. The van der Waals surface area contributed by atoms with Crippen LogP contribution in [-0.2, 0) is 4.74 Å². The highest BCUT2D eigenvalue weighted by Crippen LogP contribution is 2.26. The van der Waals surface area contributed by atoms with E-state index in [0.717, 1.165) is 0 Å². The number of aromatic nitrogens is 1. The van der Waals surface area contributed by atoms with E-state index >= 15 is 0 Å². The third-order valence-electron chi connectivity index (χ3n) is 3.23. The lowest BCUT2D eigenvalue weighted by molar-refractivity contribution is 0.101. The minimum atomic E-state index is -0.410. The van der Waals surface area contributed by atoms with Crippen molar-refractivity contribution in [2.75, 3.05) is 36.5 Å². The molecule has 22 heavy (non-hydrogen) atoms. The van der Waals surface area contributed by atoms with Gasteiger partial charge in [-0.25, -0.2) is 0 Å². The summed E-state index contributed by atoms with van der Waals surface area (Å²) < 4.78 is 10.5. The van der Waals surface area contributed by atoms with Gasteiger partial charge in [0.05, 0.1) is 23.9 Å². The first-order chi connectivity index (χ1) is 10.6. The van der Waals surface area contributed by atoms with Crippen LogP contribution < -0.4 is 10.2 Å². The number of anilines is 2. The Hall–Kier alpha value is -1.76. The second kappa shape index (κ2) is 6.56. The number of nitrogens with one attached hydrogen (secondary N) is 1. The number of ether oxygens (including phenoxy) is 1. The van der Waals surface area contributed by atoms with E-state index in [-0.39, 0.29) is 5.69 Å². The lowest BCUT2D eigenvalue weighted by atomic mass is 10.3. The standard InChI is InChI=1S/C14H13Cl2N3O3/c15-9-1-2-10(16)11(7-9)17-14(20)12-8-13(22-18-12)19-3-5-21-6-4-19/h1-2,7-8H,3-6H2,(H,17,20). The molecule has 1 amide bonds. The Morgan fingerprint density at radius 2 is 2.00 bits per heavy atom. The van der Waals surface area contributed by atoms with Gasteiger partial charge in [0.1, 0.15) is 0 Å². The number of carbonyl (C=O) groups is 1. The Kier molecular flexibility index (Phi) is 4.52. The molecule has 0 atom stereocenters. The summed E-state index contributed by atoms with van der Waals surface area (Å²) in [5, 5.41) is 7.33. The lowest BCUT2D eigenvalue weighted by Crippen LogP contribution is -2.35. The molecule has 3 rings (SSSR count). The molecule has 0 spiro atoms. The van der Waals surface area contributed by atoms with Crippen LogP contribution in [0.3, 0.4) is 0 Å². The van der Waals surface area contributed by atoms with Crippen molar-refractivity contribution in [2.24, 2.45) is 0 Å². The topological polar surface area (TPSA) is 67.6 Å². The largest absolute Gasteiger partial charge is 0.378 e. The number of hydrogen-bond acceptors (Lipinski definition) is 5. The number of carbonyl (C=O) groups excluding carboxylic acids is 1. The quantitative estimate of drug-likeness (QED) is 0.929. The highest BCUT2D eigenvalue weighted by molar-refractivity contribution is 6.35.